The normalized spacial score (nSPS) is 11.7. The van der Waals surface area contributed by atoms with Crippen LogP contribution in [-0.2, 0) is 38.5 Å². The van der Waals surface area contributed by atoms with Crippen LogP contribution in [0.5, 0.6) is 0 Å². The number of nitrogens with zero attached hydrogens (tertiary/aromatic N) is 10. The summed E-state index contributed by atoms with van der Waals surface area (Å²) in [5.41, 5.74) is 6.83. The van der Waals surface area contributed by atoms with Crippen LogP contribution in [0.25, 0.3) is 0 Å². The van der Waals surface area contributed by atoms with E-state index in [1.165, 1.54) is 0 Å². The van der Waals surface area contributed by atoms with Crippen molar-refractivity contribution in [3.05, 3.63) is 155 Å². The van der Waals surface area contributed by atoms with Crippen LogP contribution < -0.4 is 14.7 Å². The van der Waals surface area contributed by atoms with Crippen molar-refractivity contribution in [3.63, 3.8) is 0 Å². The maximum absolute atomic E-state index is 5.71. The zero-order chi connectivity index (χ0) is 49.2. The summed E-state index contributed by atoms with van der Waals surface area (Å²) in [5, 5.41) is 0. The van der Waals surface area contributed by atoms with Gasteiger partial charge in [-0.25, -0.2) is 34.9 Å². The Morgan fingerprint density at radius 3 is 0.667 bits per heavy atom. The third-order valence-electron chi connectivity index (χ3n) is 11.3. The van der Waals surface area contributed by atoms with Crippen LogP contribution in [-0.4, -0.2) is 34.9 Å². The summed E-state index contributed by atoms with van der Waals surface area (Å²) in [7, 11) is 0. The second-order valence-electron chi connectivity index (χ2n) is 21.1. The van der Waals surface area contributed by atoms with E-state index in [1.807, 2.05) is 0 Å². The van der Waals surface area contributed by atoms with Gasteiger partial charge in [-0.3, -0.25) is 14.7 Å². The van der Waals surface area contributed by atoms with E-state index >= 15 is 0 Å². The van der Waals surface area contributed by atoms with Crippen molar-refractivity contribution in [3.8, 4) is 0 Å². The van der Waals surface area contributed by atoms with Gasteiger partial charge < -0.3 is 0 Å². The molecule has 7 aromatic rings. The van der Waals surface area contributed by atoms with E-state index in [0.29, 0.717) is 47.1 Å². The molecule has 0 unspecified atom stereocenters. The Bertz CT molecular complexity index is 2290. The van der Waals surface area contributed by atoms with E-state index in [0.717, 1.165) is 113 Å². The van der Waals surface area contributed by atoms with Crippen molar-refractivity contribution in [1.29, 1.82) is 0 Å². The van der Waals surface area contributed by atoms with Crippen molar-refractivity contribution in [1.82, 2.24) is 34.9 Å². The average Bonchev–Trinajstić information content (AvgIpc) is 3.26. The van der Waals surface area contributed by atoms with Crippen LogP contribution >= 0.6 is 0 Å². The van der Waals surface area contributed by atoms with E-state index in [1.54, 1.807) is 0 Å². The summed E-state index contributed by atoms with van der Waals surface area (Å²) in [5.74, 6) is 8.15. The molecule has 0 aliphatic heterocycles. The average molecular weight is 923 g/mol. The van der Waals surface area contributed by atoms with Crippen LogP contribution in [0.3, 0.4) is 0 Å². The van der Waals surface area contributed by atoms with Gasteiger partial charge in [0.15, 0.2) is 0 Å². The first-order valence-corrected chi connectivity index (χ1v) is 25.3. The second kappa shape index (κ2) is 23.2. The molecule has 7 heterocycles. The van der Waals surface area contributed by atoms with Gasteiger partial charge in [-0.1, -0.05) is 119 Å². The minimum Gasteiger partial charge on any atom is -0.279 e. The molecule has 10 nitrogen and oxygen atoms in total. The molecule has 0 aliphatic carbocycles. The summed E-state index contributed by atoms with van der Waals surface area (Å²) in [6, 6.07) is 41.9. The molecular formula is C59H74N10. The number of anilines is 9. The Morgan fingerprint density at radius 2 is 0.464 bits per heavy atom. The molecule has 7 rings (SSSR count). The fourth-order valence-corrected chi connectivity index (χ4v) is 8.67. The highest BCUT2D eigenvalue weighted by Gasteiger charge is 2.27. The SMILES string of the molecule is CC(C)Cc1cccc(N(c2cc(N(c3cccc(CC(C)C)n3)c3cccc(CC(C)C)n3)nc(N(c3cccc(CC(C)C)n3)c3cccc(CC(C)C)n3)c2)c2cccc(CC(C)C)n2)n1. The van der Waals surface area contributed by atoms with Crippen molar-refractivity contribution in [2.75, 3.05) is 14.7 Å². The third-order valence-corrected chi connectivity index (χ3v) is 11.3. The molecule has 10 heteroatoms. The summed E-state index contributed by atoms with van der Waals surface area (Å²) >= 11 is 0. The van der Waals surface area contributed by atoms with E-state index in [-0.39, 0.29) is 0 Å². The van der Waals surface area contributed by atoms with Gasteiger partial charge in [-0.15, -0.1) is 0 Å². The van der Waals surface area contributed by atoms with Gasteiger partial charge in [0, 0.05) is 46.3 Å². The number of hydrogen-bond donors (Lipinski definition) is 0. The molecule has 0 aromatic carbocycles. The van der Waals surface area contributed by atoms with Crippen LogP contribution in [0.1, 0.15) is 117 Å². The molecule has 0 atom stereocenters. The lowest BCUT2D eigenvalue weighted by Gasteiger charge is -2.30. The zero-order valence-electron chi connectivity index (χ0n) is 43.2. The van der Waals surface area contributed by atoms with Crippen LogP contribution in [0.2, 0.25) is 0 Å². The molecule has 0 aliphatic rings. The van der Waals surface area contributed by atoms with E-state index in [9.17, 15) is 0 Å². The number of hydrogen-bond acceptors (Lipinski definition) is 10. The van der Waals surface area contributed by atoms with Gasteiger partial charge in [0.1, 0.15) is 46.5 Å². The van der Waals surface area contributed by atoms with Gasteiger partial charge >= 0.3 is 0 Å². The fourth-order valence-electron chi connectivity index (χ4n) is 8.67. The minimum absolute atomic E-state index is 0.416. The lowest BCUT2D eigenvalue weighted by molar-refractivity contribution is 0.634. The van der Waals surface area contributed by atoms with Gasteiger partial charge in [0.2, 0.25) is 0 Å². The molecule has 0 N–H and O–H groups in total. The van der Waals surface area contributed by atoms with Crippen LogP contribution in [0, 0.1) is 35.5 Å². The number of aromatic nitrogens is 7. The summed E-state index contributed by atoms with van der Waals surface area (Å²) in [6.07, 6.45) is 4.99. The molecule has 0 saturated carbocycles. The van der Waals surface area contributed by atoms with Crippen molar-refractivity contribution < 1.29 is 0 Å². The first-order chi connectivity index (χ1) is 33.1. The predicted molar refractivity (Wildman–Crippen MR) is 286 cm³/mol. The standard InChI is InChI=1S/C59H74N10/c1-39(2)31-45-19-13-25-52(60-45)67(53-26-14-20-46(61-53)32-40(3)4)51-37-58(68(54-27-15-21-47(62-54)33-41(5)6)55-28-16-22-48(63-55)34-42(7)8)66-59(38-51)69(56-29-17-23-49(64-56)35-43(9)10)57-30-18-24-50(65-57)36-44(11)12/h13-30,37-44H,31-36H2,1-12H3. The second-order valence-corrected chi connectivity index (χ2v) is 21.1. The van der Waals surface area contributed by atoms with Gasteiger partial charge in [0.05, 0.1) is 5.69 Å². The quantitative estimate of drug-likeness (QED) is 0.0693. The Labute approximate surface area is 412 Å². The van der Waals surface area contributed by atoms with Crippen molar-refractivity contribution in [2.45, 2.75) is 122 Å². The summed E-state index contributed by atoms with van der Waals surface area (Å²) < 4.78 is 0. The van der Waals surface area contributed by atoms with E-state index < -0.39 is 0 Å². The van der Waals surface area contributed by atoms with Crippen molar-refractivity contribution >= 4 is 52.2 Å². The topological polar surface area (TPSA) is 100.0 Å². The molecule has 0 amide bonds. The van der Waals surface area contributed by atoms with Crippen LogP contribution in [0.15, 0.2) is 121 Å². The molecular weight excluding hydrogens is 849 g/mol. The molecule has 69 heavy (non-hydrogen) atoms. The van der Waals surface area contributed by atoms with E-state index in [4.69, 9.17) is 34.9 Å². The van der Waals surface area contributed by atoms with Crippen LogP contribution in [0.4, 0.5) is 52.2 Å². The Hall–Kier alpha value is -6.55. The fraction of sp³-hybridized carbons (Fsp3) is 0.407. The molecule has 0 saturated heterocycles. The lowest BCUT2D eigenvalue weighted by atomic mass is 10.1. The van der Waals surface area contributed by atoms with Gasteiger partial charge in [-0.05, 0) is 147 Å². The van der Waals surface area contributed by atoms with Gasteiger partial charge in [-0.2, -0.15) is 0 Å². The highest BCUT2D eigenvalue weighted by molar-refractivity contribution is 5.83. The molecule has 360 valence electrons. The molecule has 0 bridgehead atoms. The third kappa shape index (κ3) is 13.8. The molecule has 0 spiro atoms. The first-order valence-electron chi connectivity index (χ1n) is 25.3. The molecule has 7 aromatic heterocycles. The highest BCUT2D eigenvalue weighted by atomic mass is 15.3. The minimum atomic E-state index is 0.416. The van der Waals surface area contributed by atoms with Crippen molar-refractivity contribution in [2.24, 2.45) is 35.5 Å². The number of rotatable bonds is 21. The van der Waals surface area contributed by atoms with Gasteiger partial charge in [0.25, 0.3) is 0 Å². The first kappa shape index (κ1) is 50.3. The number of pyridine rings is 7. The Kier molecular flexibility index (Phi) is 16.9. The predicted octanol–water partition coefficient (Wildman–Crippen LogP) is 15.1. The zero-order valence-corrected chi connectivity index (χ0v) is 43.2. The Morgan fingerprint density at radius 1 is 0.261 bits per heavy atom. The lowest BCUT2D eigenvalue weighted by Crippen LogP contribution is -2.22. The summed E-state index contributed by atoms with van der Waals surface area (Å²) in [4.78, 5) is 44.3. The summed E-state index contributed by atoms with van der Waals surface area (Å²) in [6.45, 7) is 26.8. The van der Waals surface area contributed by atoms with E-state index in [2.05, 4.69) is 219 Å². The largest absolute Gasteiger partial charge is 0.279 e. The molecule has 0 fully saturated rings. The maximum atomic E-state index is 5.71. The highest BCUT2D eigenvalue weighted by Crippen LogP contribution is 2.43. The monoisotopic (exact) mass is 923 g/mol. The smallest absolute Gasteiger partial charge is 0.144 e. The Balaban J connectivity index is 1.60. The molecule has 0 radical (unpaired) electrons. The maximum Gasteiger partial charge on any atom is 0.144 e.